The maximum Gasteiger partial charge on any atom is 0.0178 e. The summed E-state index contributed by atoms with van der Waals surface area (Å²) in [6.45, 7) is 2.65. The molecule has 0 aromatic heterocycles. The third-order valence-electron chi connectivity index (χ3n) is 1.76. The Hall–Kier alpha value is -1.34. The fourth-order valence-electron chi connectivity index (χ4n) is 1.09. The van der Waals surface area contributed by atoms with Crippen molar-refractivity contribution in [1.29, 1.82) is 0 Å². The second kappa shape index (κ2) is 5.33. The first-order valence-electron chi connectivity index (χ1n) is 4.42. The Bertz CT molecular complexity index is 317. The topological polar surface area (TPSA) is 26.0 Å². The lowest BCUT2D eigenvalue weighted by molar-refractivity contribution is 1.07. The number of aryl methyl sites for hydroxylation is 1. The highest BCUT2D eigenvalue weighted by Gasteiger charge is 1.83. The van der Waals surface area contributed by atoms with Gasteiger partial charge < -0.3 is 5.73 Å². The number of nitrogens with two attached hydrogens (primary N) is 1. The Kier molecular flexibility index (Phi) is 4.00. The summed E-state index contributed by atoms with van der Waals surface area (Å²) in [6, 6.07) is 16.2. The smallest absolute Gasteiger partial charge is 0.0178 e. The molecule has 0 atom stereocenters. The van der Waals surface area contributed by atoms with Gasteiger partial charge in [-0.2, -0.15) is 0 Å². The Balaban J connectivity index is 3.21. The molecule has 0 aliphatic heterocycles. The normalized spacial score (nSPS) is 9.08. The lowest BCUT2D eigenvalue weighted by Gasteiger charge is -1.92. The quantitative estimate of drug-likeness (QED) is 0.694. The summed E-state index contributed by atoms with van der Waals surface area (Å²) in [5.41, 5.74) is 7.95. The van der Waals surface area contributed by atoms with Crippen molar-refractivity contribution < 1.29 is 0 Å². The van der Waals surface area contributed by atoms with E-state index in [2.05, 4.69) is 19.1 Å². The van der Waals surface area contributed by atoms with Crippen molar-refractivity contribution in [2.24, 2.45) is 5.73 Å². The van der Waals surface area contributed by atoms with Crippen LogP contribution < -0.4 is 5.73 Å². The Labute approximate surface area is 79.5 Å². The second-order valence-corrected chi connectivity index (χ2v) is 2.96. The molecule has 1 rings (SSSR count). The van der Waals surface area contributed by atoms with Crippen LogP contribution in [0.5, 0.6) is 0 Å². The van der Waals surface area contributed by atoms with Crippen LogP contribution in [0.15, 0.2) is 48.5 Å². The van der Waals surface area contributed by atoms with Gasteiger partial charge in [0.1, 0.15) is 0 Å². The highest BCUT2D eigenvalue weighted by atomic mass is 14.5. The molecule has 0 amide bonds. The van der Waals surface area contributed by atoms with E-state index in [1.807, 2.05) is 36.4 Å². The van der Waals surface area contributed by atoms with Crippen LogP contribution in [0, 0.1) is 6.92 Å². The van der Waals surface area contributed by atoms with Gasteiger partial charge in [-0.05, 0) is 12.5 Å². The van der Waals surface area contributed by atoms with Gasteiger partial charge in [0.25, 0.3) is 0 Å². The summed E-state index contributed by atoms with van der Waals surface area (Å²) < 4.78 is 0. The number of rotatable bonds is 1. The summed E-state index contributed by atoms with van der Waals surface area (Å²) in [5.74, 6) is 0. The van der Waals surface area contributed by atoms with Crippen LogP contribution in [0.2, 0.25) is 0 Å². The van der Waals surface area contributed by atoms with E-state index in [0.717, 1.165) is 5.56 Å². The van der Waals surface area contributed by atoms with Gasteiger partial charge in [0.05, 0.1) is 0 Å². The van der Waals surface area contributed by atoms with Crippen molar-refractivity contribution in [3.8, 4) is 0 Å². The molecule has 68 valence electrons. The van der Waals surface area contributed by atoms with Crippen LogP contribution >= 0.6 is 0 Å². The Morgan fingerprint density at radius 2 is 1.62 bits per heavy atom. The van der Waals surface area contributed by atoms with Crippen LogP contribution in [-0.4, -0.2) is 0 Å². The van der Waals surface area contributed by atoms with Crippen LogP contribution in [0.3, 0.4) is 0 Å². The van der Waals surface area contributed by atoms with E-state index in [4.69, 9.17) is 5.73 Å². The second-order valence-electron chi connectivity index (χ2n) is 2.96. The number of hydrogen-bond acceptors (Lipinski definition) is 1. The predicted octanol–water partition coefficient (Wildman–Crippen LogP) is 2.58. The highest BCUT2D eigenvalue weighted by molar-refractivity contribution is 5.18. The molecule has 13 heavy (non-hydrogen) atoms. The highest BCUT2D eigenvalue weighted by Crippen LogP contribution is 1.98. The molecule has 0 unspecified atom stereocenters. The zero-order valence-corrected chi connectivity index (χ0v) is 7.90. The molecule has 0 spiro atoms. The predicted molar refractivity (Wildman–Crippen MR) is 56.7 cm³/mol. The molecule has 0 bridgehead atoms. The molecule has 1 nitrogen and oxygen atoms in total. The maximum atomic E-state index is 5.59. The van der Waals surface area contributed by atoms with Gasteiger partial charge in [-0.25, -0.2) is 0 Å². The first-order chi connectivity index (χ1) is 6.33. The van der Waals surface area contributed by atoms with Crippen LogP contribution in [-0.2, 0) is 6.54 Å². The molecular weight excluding hydrogens is 158 g/mol. The fraction of sp³-hybridized carbons (Fsp3) is 0.167. The first kappa shape index (κ1) is 9.75. The summed E-state index contributed by atoms with van der Waals surface area (Å²) >= 11 is 0. The lowest BCUT2D eigenvalue weighted by atomic mass is 10.2. The molecule has 0 fully saturated rings. The number of hydrogen-bond donors (Lipinski definition) is 1. The van der Waals surface area contributed by atoms with Gasteiger partial charge in [0.2, 0.25) is 0 Å². The Morgan fingerprint density at radius 1 is 1.00 bits per heavy atom. The molecule has 1 aromatic rings. The molecule has 0 radical (unpaired) electrons. The van der Waals surface area contributed by atoms with Gasteiger partial charge in [-0.1, -0.05) is 54.1 Å². The van der Waals surface area contributed by atoms with Gasteiger partial charge in [0, 0.05) is 6.54 Å². The monoisotopic (exact) mass is 173 g/mol. The SMILES string of the molecule is Cc1cccccccc(CN)c1. The van der Waals surface area contributed by atoms with E-state index in [1.165, 1.54) is 5.56 Å². The van der Waals surface area contributed by atoms with Crippen molar-refractivity contribution >= 4 is 0 Å². The summed E-state index contributed by atoms with van der Waals surface area (Å²) in [7, 11) is 0. The van der Waals surface area contributed by atoms with E-state index in [1.54, 1.807) is 0 Å². The van der Waals surface area contributed by atoms with E-state index in [-0.39, 0.29) is 0 Å². The minimum absolute atomic E-state index is 0.583. The zero-order valence-electron chi connectivity index (χ0n) is 7.90. The van der Waals surface area contributed by atoms with Crippen molar-refractivity contribution in [2.45, 2.75) is 13.5 Å². The van der Waals surface area contributed by atoms with Crippen molar-refractivity contribution in [3.05, 3.63) is 59.7 Å². The molecule has 0 aliphatic carbocycles. The van der Waals surface area contributed by atoms with E-state index in [9.17, 15) is 0 Å². The fourth-order valence-corrected chi connectivity index (χ4v) is 1.09. The van der Waals surface area contributed by atoms with E-state index in [0.29, 0.717) is 6.54 Å². The third kappa shape index (κ3) is 3.72. The van der Waals surface area contributed by atoms with Crippen LogP contribution in [0.1, 0.15) is 11.1 Å². The minimum atomic E-state index is 0.583. The largest absolute Gasteiger partial charge is 0.326 e. The van der Waals surface area contributed by atoms with Crippen LogP contribution in [0.4, 0.5) is 0 Å². The van der Waals surface area contributed by atoms with E-state index < -0.39 is 0 Å². The third-order valence-corrected chi connectivity index (χ3v) is 1.76. The van der Waals surface area contributed by atoms with Crippen molar-refractivity contribution in [3.63, 3.8) is 0 Å². The molecule has 1 aromatic carbocycles. The summed E-state index contributed by atoms with van der Waals surface area (Å²) in [4.78, 5) is 0. The first-order valence-corrected chi connectivity index (χ1v) is 4.42. The standard InChI is InChI=1S/C12H15N/c1-11-7-5-3-2-4-6-8-12(9-11)10-13/h2-9H,10,13H2,1H3. The summed E-state index contributed by atoms with van der Waals surface area (Å²) in [5, 5.41) is 0. The zero-order chi connectivity index (χ0) is 9.52. The molecule has 0 aliphatic rings. The Morgan fingerprint density at radius 3 is 2.31 bits per heavy atom. The van der Waals surface area contributed by atoms with Gasteiger partial charge in [-0.3, -0.25) is 0 Å². The van der Waals surface area contributed by atoms with Crippen molar-refractivity contribution in [1.82, 2.24) is 0 Å². The van der Waals surface area contributed by atoms with Gasteiger partial charge in [-0.15, -0.1) is 0 Å². The average Bonchev–Trinajstić information content (AvgIpc) is 2.15. The average molecular weight is 173 g/mol. The molecule has 0 saturated carbocycles. The summed E-state index contributed by atoms with van der Waals surface area (Å²) in [6.07, 6.45) is 0. The molecular formula is C12H15N. The molecule has 2 N–H and O–H groups in total. The maximum absolute atomic E-state index is 5.59. The minimum Gasteiger partial charge on any atom is -0.326 e. The molecule has 0 heterocycles. The van der Waals surface area contributed by atoms with E-state index >= 15 is 0 Å². The molecule has 1 heteroatoms. The van der Waals surface area contributed by atoms with Crippen molar-refractivity contribution in [2.75, 3.05) is 0 Å². The van der Waals surface area contributed by atoms with Crippen LogP contribution in [0.25, 0.3) is 0 Å². The lowest BCUT2D eigenvalue weighted by Crippen LogP contribution is -1.94. The van der Waals surface area contributed by atoms with Gasteiger partial charge >= 0.3 is 0 Å². The molecule has 0 saturated heterocycles. The van der Waals surface area contributed by atoms with Gasteiger partial charge in [0.15, 0.2) is 0 Å².